The molecule has 1 aromatic rings. The number of hydrogen-bond donors (Lipinski definition) is 0. The second-order valence-electron chi connectivity index (χ2n) is 3.41. The van der Waals surface area contributed by atoms with Crippen LogP contribution in [0.4, 0.5) is 8.78 Å². The maximum absolute atomic E-state index is 11.9. The largest absolute Gasteiger partial charge is 0.207 e. The molecule has 0 aliphatic carbocycles. The Bertz CT molecular complexity index is 280. The molecule has 0 aliphatic heterocycles. The van der Waals surface area contributed by atoms with Gasteiger partial charge in [0.2, 0.25) is 0 Å². The van der Waals surface area contributed by atoms with Gasteiger partial charge in [0.15, 0.2) is 0 Å². The molecule has 0 saturated carbocycles. The summed E-state index contributed by atoms with van der Waals surface area (Å²) < 4.78 is 23.8. The fourth-order valence-corrected chi connectivity index (χ4v) is 1.06. The van der Waals surface area contributed by atoms with Gasteiger partial charge in [-0.3, -0.25) is 0 Å². The standard InChI is InChI=1S/C7H13N.C6H4F2/c1-2-3-4-5-6-7-8;7-5-1-2-6(8)4-3-5/h2-6H2,1H3;1-4H. The summed E-state index contributed by atoms with van der Waals surface area (Å²) in [7, 11) is 0. The van der Waals surface area contributed by atoms with Gasteiger partial charge < -0.3 is 0 Å². The van der Waals surface area contributed by atoms with Crippen LogP contribution in [-0.2, 0) is 0 Å². The van der Waals surface area contributed by atoms with E-state index >= 15 is 0 Å². The lowest BCUT2D eigenvalue weighted by atomic mass is 10.2. The van der Waals surface area contributed by atoms with E-state index in [4.69, 9.17) is 5.26 Å². The molecule has 0 radical (unpaired) electrons. The number of nitrogens with zero attached hydrogens (tertiary/aromatic N) is 1. The van der Waals surface area contributed by atoms with Crippen LogP contribution in [0, 0.1) is 23.0 Å². The second kappa shape index (κ2) is 10.1. The van der Waals surface area contributed by atoms with E-state index in [1.165, 1.54) is 19.3 Å². The van der Waals surface area contributed by atoms with E-state index in [1.54, 1.807) is 0 Å². The van der Waals surface area contributed by atoms with Gasteiger partial charge in [0.05, 0.1) is 6.07 Å². The summed E-state index contributed by atoms with van der Waals surface area (Å²) in [4.78, 5) is 0. The van der Waals surface area contributed by atoms with Crippen LogP contribution in [0.2, 0.25) is 0 Å². The monoisotopic (exact) mass is 225 g/mol. The van der Waals surface area contributed by atoms with Crippen LogP contribution >= 0.6 is 0 Å². The first-order chi connectivity index (χ1) is 7.70. The molecule has 0 heterocycles. The zero-order valence-corrected chi connectivity index (χ0v) is 9.55. The number of benzene rings is 1. The van der Waals surface area contributed by atoms with Crippen molar-refractivity contribution in [1.29, 1.82) is 5.26 Å². The van der Waals surface area contributed by atoms with Crippen LogP contribution in [0.5, 0.6) is 0 Å². The third-order valence-corrected chi connectivity index (χ3v) is 1.95. The lowest BCUT2D eigenvalue weighted by Gasteiger charge is -1.89. The third-order valence-electron chi connectivity index (χ3n) is 1.95. The van der Waals surface area contributed by atoms with Gasteiger partial charge in [-0.05, 0) is 30.7 Å². The van der Waals surface area contributed by atoms with E-state index < -0.39 is 11.6 Å². The summed E-state index contributed by atoms with van der Waals surface area (Å²) in [5.41, 5.74) is 0. The highest BCUT2D eigenvalue weighted by Crippen LogP contribution is 2.00. The van der Waals surface area contributed by atoms with E-state index in [9.17, 15) is 8.78 Å². The van der Waals surface area contributed by atoms with Crippen molar-refractivity contribution in [3.8, 4) is 6.07 Å². The van der Waals surface area contributed by atoms with Gasteiger partial charge in [0.25, 0.3) is 0 Å². The summed E-state index contributed by atoms with van der Waals surface area (Å²) in [6.07, 6.45) is 5.58. The van der Waals surface area contributed by atoms with Gasteiger partial charge in [0, 0.05) is 6.42 Å². The first-order valence-corrected chi connectivity index (χ1v) is 5.48. The van der Waals surface area contributed by atoms with Crippen LogP contribution < -0.4 is 0 Å². The molecule has 0 bridgehead atoms. The molecule has 0 saturated heterocycles. The molecule has 0 amide bonds. The molecule has 0 aliphatic rings. The Balaban J connectivity index is 0.000000281. The molecule has 1 nitrogen and oxygen atoms in total. The van der Waals surface area contributed by atoms with E-state index in [0.717, 1.165) is 37.1 Å². The Morgan fingerprint density at radius 1 is 1.00 bits per heavy atom. The van der Waals surface area contributed by atoms with Gasteiger partial charge in [-0.15, -0.1) is 0 Å². The molecule has 0 spiro atoms. The highest BCUT2D eigenvalue weighted by atomic mass is 19.1. The van der Waals surface area contributed by atoms with Crippen LogP contribution in [0.15, 0.2) is 24.3 Å². The maximum atomic E-state index is 11.9. The maximum Gasteiger partial charge on any atom is 0.123 e. The number of halogens is 2. The van der Waals surface area contributed by atoms with Crippen molar-refractivity contribution in [3.05, 3.63) is 35.9 Å². The fraction of sp³-hybridized carbons (Fsp3) is 0.462. The lowest BCUT2D eigenvalue weighted by Crippen LogP contribution is -1.72. The SMILES string of the molecule is CCCCCCC#N.Fc1ccc(F)cc1. The quantitative estimate of drug-likeness (QED) is 0.695. The zero-order valence-electron chi connectivity index (χ0n) is 9.55. The number of hydrogen-bond acceptors (Lipinski definition) is 1. The van der Waals surface area contributed by atoms with Crippen LogP contribution in [-0.4, -0.2) is 0 Å². The first kappa shape index (κ1) is 14.6. The molecular weight excluding hydrogens is 208 g/mol. The summed E-state index contributed by atoms with van der Waals surface area (Å²) >= 11 is 0. The van der Waals surface area contributed by atoms with Crippen LogP contribution in [0.3, 0.4) is 0 Å². The van der Waals surface area contributed by atoms with Crippen molar-refractivity contribution < 1.29 is 8.78 Å². The molecule has 1 aromatic carbocycles. The zero-order chi connectivity index (χ0) is 12.2. The van der Waals surface area contributed by atoms with Gasteiger partial charge >= 0.3 is 0 Å². The third kappa shape index (κ3) is 9.14. The van der Waals surface area contributed by atoms with Gasteiger partial charge in [-0.25, -0.2) is 8.78 Å². The summed E-state index contributed by atoms with van der Waals surface area (Å²) in [6, 6.07) is 6.44. The Kier molecular flexibility index (Phi) is 9.20. The number of rotatable bonds is 4. The Hall–Kier alpha value is -1.43. The fourth-order valence-electron chi connectivity index (χ4n) is 1.06. The van der Waals surface area contributed by atoms with Gasteiger partial charge in [-0.1, -0.05) is 26.2 Å². The molecule has 16 heavy (non-hydrogen) atoms. The second-order valence-corrected chi connectivity index (χ2v) is 3.41. The van der Waals surface area contributed by atoms with E-state index in [0.29, 0.717) is 0 Å². The molecule has 88 valence electrons. The highest BCUT2D eigenvalue weighted by molar-refractivity contribution is 5.04. The number of nitriles is 1. The van der Waals surface area contributed by atoms with Gasteiger partial charge in [-0.2, -0.15) is 5.26 Å². The minimum absolute atomic E-state index is 0.411. The van der Waals surface area contributed by atoms with Crippen molar-refractivity contribution in [2.45, 2.75) is 39.0 Å². The average Bonchev–Trinajstić information content (AvgIpc) is 2.30. The predicted molar refractivity (Wildman–Crippen MR) is 60.7 cm³/mol. The van der Waals surface area contributed by atoms with Crippen molar-refractivity contribution in [1.82, 2.24) is 0 Å². The smallest absolute Gasteiger partial charge is 0.123 e. The minimum atomic E-state index is -0.411. The molecule has 0 aromatic heterocycles. The van der Waals surface area contributed by atoms with Crippen LogP contribution in [0.25, 0.3) is 0 Å². The highest BCUT2D eigenvalue weighted by Gasteiger charge is 1.86. The van der Waals surface area contributed by atoms with Gasteiger partial charge in [0.1, 0.15) is 11.6 Å². The number of unbranched alkanes of at least 4 members (excludes halogenated alkanes) is 4. The van der Waals surface area contributed by atoms with E-state index in [-0.39, 0.29) is 0 Å². The molecule has 1 rings (SSSR count). The topological polar surface area (TPSA) is 23.8 Å². The normalized spacial score (nSPS) is 8.88. The Labute approximate surface area is 95.7 Å². The van der Waals surface area contributed by atoms with Crippen molar-refractivity contribution >= 4 is 0 Å². The summed E-state index contributed by atoms with van der Waals surface area (Å²) in [5, 5.41) is 8.12. The van der Waals surface area contributed by atoms with E-state index in [1.807, 2.05) is 0 Å². The molecule has 0 unspecified atom stereocenters. The van der Waals surface area contributed by atoms with Crippen molar-refractivity contribution in [2.24, 2.45) is 0 Å². The lowest BCUT2D eigenvalue weighted by molar-refractivity contribution is 0.600. The minimum Gasteiger partial charge on any atom is -0.207 e. The average molecular weight is 225 g/mol. The molecule has 0 atom stereocenters. The Morgan fingerprint density at radius 2 is 1.50 bits per heavy atom. The Morgan fingerprint density at radius 3 is 1.88 bits per heavy atom. The molecule has 3 heteroatoms. The van der Waals surface area contributed by atoms with Crippen molar-refractivity contribution in [2.75, 3.05) is 0 Å². The molecular formula is C13H17F2N. The summed E-state index contributed by atoms with van der Waals surface area (Å²) in [6.45, 7) is 2.17. The first-order valence-electron chi connectivity index (χ1n) is 5.48. The van der Waals surface area contributed by atoms with E-state index in [2.05, 4.69) is 13.0 Å². The van der Waals surface area contributed by atoms with Crippen LogP contribution in [0.1, 0.15) is 39.0 Å². The molecule has 0 fully saturated rings. The summed E-state index contributed by atoms with van der Waals surface area (Å²) in [5.74, 6) is -0.821. The predicted octanol–water partition coefficient (Wildman–Crippen LogP) is 4.45. The van der Waals surface area contributed by atoms with Crippen molar-refractivity contribution in [3.63, 3.8) is 0 Å². The molecule has 0 N–H and O–H groups in total.